The Morgan fingerprint density at radius 1 is 1.54 bits per heavy atom. The Balaban J connectivity index is 2.40. The Kier molecular flexibility index (Phi) is 4.18. The van der Waals surface area contributed by atoms with Crippen LogP contribution in [-0.2, 0) is 9.53 Å². The average Bonchev–Trinajstić information content (AvgIpc) is 2.18. The molecule has 0 aromatic heterocycles. The zero-order valence-corrected chi connectivity index (χ0v) is 7.95. The molecular formula is C9H17NO3. The van der Waals surface area contributed by atoms with Crippen molar-refractivity contribution in [1.82, 2.24) is 5.32 Å². The van der Waals surface area contributed by atoms with E-state index in [0.717, 1.165) is 25.7 Å². The van der Waals surface area contributed by atoms with Crippen molar-refractivity contribution in [3.8, 4) is 0 Å². The number of hydrogen-bond acceptors (Lipinski definition) is 3. The molecule has 4 heteroatoms. The highest BCUT2D eigenvalue weighted by atomic mass is 16.5. The van der Waals surface area contributed by atoms with Crippen LogP contribution in [0.4, 0.5) is 0 Å². The number of aliphatic hydroxyl groups excluding tert-OH is 1. The molecule has 13 heavy (non-hydrogen) atoms. The first-order chi connectivity index (χ1) is 6.27. The number of nitrogens with one attached hydrogen (secondary N) is 1. The highest BCUT2D eigenvalue weighted by molar-refractivity contribution is 5.77. The molecule has 4 nitrogen and oxygen atoms in total. The van der Waals surface area contributed by atoms with E-state index in [1.165, 1.54) is 0 Å². The minimum atomic E-state index is -0.438. The van der Waals surface area contributed by atoms with Crippen molar-refractivity contribution in [3.05, 3.63) is 0 Å². The number of amides is 1. The van der Waals surface area contributed by atoms with Gasteiger partial charge in [-0.15, -0.1) is 0 Å². The summed E-state index contributed by atoms with van der Waals surface area (Å²) in [5.41, 5.74) is 0. The number of methoxy groups -OCH3 is 1. The number of ether oxygens (including phenoxy) is 1. The van der Waals surface area contributed by atoms with Gasteiger partial charge in [0.05, 0.1) is 12.1 Å². The topological polar surface area (TPSA) is 58.6 Å². The summed E-state index contributed by atoms with van der Waals surface area (Å²) in [5, 5.41) is 11.3. The molecule has 1 rings (SSSR count). The van der Waals surface area contributed by atoms with Crippen LogP contribution in [-0.4, -0.2) is 36.9 Å². The Morgan fingerprint density at radius 3 is 2.85 bits per heavy atom. The van der Waals surface area contributed by atoms with Gasteiger partial charge < -0.3 is 15.2 Å². The van der Waals surface area contributed by atoms with E-state index >= 15 is 0 Å². The van der Waals surface area contributed by atoms with E-state index in [4.69, 9.17) is 9.84 Å². The summed E-state index contributed by atoms with van der Waals surface area (Å²) in [6.45, 7) is -0.438. The second-order valence-corrected chi connectivity index (χ2v) is 3.39. The van der Waals surface area contributed by atoms with E-state index in [9.17, 15) is 4.79 Å². The zero-order chi connectivity index (χ0) is 9.68. The summed E-state index contributed by atoms with van der Waals surface area (Å²) < 4.78 is 5.25. The third kappa shape index (κ3) is 2.97. The Morgan fingerprint density at radius 2 is 2.23 bits per heavy atom. The summed E-state index contributed by atoms with van der Waals surface area (Å²) in [6, 6.07) is 0.0819. The Hall–Kier alpha value is -0.610. The molecule has 0 bridgehead atoms. The molecule has 1 amide bonds. The first-order valence-corrected chi connectivity index (χ1v) is 4.71. The SMILES string of the molecule is CO[C@H]1CCCC[C@@H]1NC(=O)CO. The molecule has 0 aliphatic heterocycles. The fourth-order valence-electron chi connectivity index (χ4n) is 1.80. The summed E-state index contributed by atoms with van der Waals surface area (Å²) in [4.78, 5) is 10.9. The largest absolute Gasteiger partial charge is 0.387 e. The number of carbonyl (C=O) groups excluding carboxylic acids is 1. The van der Waals surface area contributed by atoms with Gasteiger partial charge in [0.1, 0.15) is 6.61 Å². The zero-order valence-electron chi connectivity index (χ0n) is 7.95. The van der Waals surface area contributed by atoms with Gasteiger partial charge in [-0.3, -0.25) is 4.79 Å². The summed E-state index contributed by atoms with van der Waals surface area (Å²) in [6.07, 6.45) is 4.33. The molecule has 0 unspecified atom stereocenters. The molecule has 0 heterocycles. The number of aliphatic hydroxyl groups is 1. The van der Waals surface area contributed by atoms with Crippen LogP contribution in [0, 0.1) is 0 Å². The average molecular weight is 187 g/mol. The summed E-state index contributed by atoms with van der Waals surface area (Å²) >= 11 is 0. The molecule has 1 aliphatic rings. The Labute approximate surface area is 78.3 Å². The summed E-state index contributed by atoms with van der Waals surface area (Å²) in [5.74, 6) is -0.311. The standard InChI is InChI=1S/C9H17NO3/c1-13-8-5-3-2-4-7(8)10-9(12)6-11/h7-8,11H,2-6H2,1H3,(H,10,12)/t7-,8-/m0/s1. The lowest BCUT2D eigenvalue weighted by Crippen LogP contribution is -2.46. The quantitative estimate of drug-likeness (QED) is 0.656. The molecular weight excluding hydrogens is 170 g/mol. The predicted molar refractivity (Wildman–Crippen MR) is 48.3 cm³/mol. The fraction of sp³-hybridized carbons (Fsp3) is 0.889. The monoisotopic (exact) mass is 187 g/mol. The van der Waals surface area contributed by atoms with Gasteiger partial charge in [0.2, 0.25) is 5.91 Å². The van der Waals surface area contributed by atoms with Crippen LogP contribution in [0.15, 0.2) is 0 Å². The Bertz CT molecular complexity index is 172. The number of carbonyl (C=O) groups is 1. The minimum absolute atomic E-state index is 0.0819. The van der Waals surface area contributed by atoms with Gasteiger partial charge in [-0.1, -0.05) is 12.8 Å². The van der Waals surface area contributed by atoms with Crippen LogP contribution in [0.2, 0.25) is 0 Å². The maximum atomic E-state index is 10.9. The number of hydrogen-bond donors (Lipinski definition) is 2. The van der Waals surface area contributed by atoms with Crippen molar-refractivity contribution >= 4 is 5.91 Å². The molecule has 0 spiro atoms. The van der Waals surface area contributed by atoms with Gasteiger partial charge in [-0.25, -0.2) is 0 Å². The lowest BCUT2D eigenvalue weighted by atomic mass is 9.92. The normalized spacial score (nSPS) is 28.5. The molecule has 0 aromatic rings. The highest BCUT2D eigenvalue weighted by Gasteiger charge is 2.25. The van der Waals surface area contributed by atoms with E-state index < -0.39 is 6.61 Å². The maximum absolute atomic E-state index is 10.9. The lowest BCUT2D eigenvalue weighted by molar-refractivity contribution is -0.126. The van der Waals surface area contributed by atoms with E-state index in [1.54, 1.807) is 7.11 Å². The van der Waals surface area contributed by atoms with Crippen LogP contribution < -0.4 is 5.32 Å². The predicted octanol–water partition coefficient (Wildman–Crippen LogP) is 0.0525. The van der Waals surface area contributed by atoms with Crippen molar-refractivity contribution in [2.24, 2.45) is 0 Å². The van der Waals surface area contributed by atoms with Crippen LogP contribution in [0.5, 0.6) is 0 Å². The van der Waals surface area contributed by atoms with E-state index in [1.807, 2.05) is 0 Å². The highest BCUT2D eigenvalue weighted by Crippen LogP contribution is 2.20. The third-order valence-corrected chi connectivity index (χ3v) is 2.50. The lowest BCUT2D eigenvalue weighted by Gasteiger charge is -2.30. The van der Waals surface area contributed by atoms with E-state index in [0.29, 0.717) is 0 Å². The molecule has 76 valence electrons. The molecule has 1 fully saturated rings. The summed E-state index contributed by atoms with van der Waals surface area (Å²) in [7, 11) is 1.66. The minimum Gasteiger partial charge on any atom is -0.387 e. The van der Waals surface area contributed by atoms with Gasteiger partial charge in [0.25, 0.3) is 0 Å². The molecule has 1 aliphatic carbocycles. The smallest absolute Gasteiger partial charge is 0.246 e. The van der Waals surface area contributed by atoms with Crippen molar-refractivity contribution in [2.75, 3.05) is 13.7 Å². The molecule has 0 saturated heterocycles. The molecule has 2 N–H and O–H groups in total. The first-order valence-electron chi connectivity index (χ1n) is 4.71. The van der Waals surface area contributed by atoms with Crippen LogP contribution in [0.25, 0.3) is 0 Å². The fourth-order valence-corrected chi connectivity index (χ4v) is 1.80. The molecule has 2 atom stereocenters. The van der Waals surface area contributed by atoms with Crippen molar-refractivity contribution in [1.29, 1.82) is 0 Å². The van der Waals surface area contributed by atoms with Gasteiger partial charge in [0.15, 0.2) is 0 Å². The first kappa shape index (κ1) is 10.5. The third-order valence-electron chi connectivity index (χ3n) is 2.50. The van der Waals surface area contributed by atoms with Crippen LogP contribution in [0.1, 0.15) is 25.7 Å². The maximum Gasteiger partial charge on any atom is 0.246 e. The molecule has 0 aromatic carbocycles. The van der Waals surface area contributed by atoms with Crippen LogP contribution in [0.3, 0.4) is 0 Å². The van der Waals surface area contributed by atoms with Crippen LogP contribution >= 0.6 is 0 Å². The van der Waals surface area contributed by atoms with Gasteiger partial charge in [0, 0.05) is 7.11 Å². The molecule has 1 saturated carbocycles. The van der Waals surface area contributed by atoms with Gasteiger partial charge in [-0.05, 0) is 12.8 Å². The van der Waals surface area contributed by atoms with Gasteiger partial charge in [-0.2, -0.15) is 0 Å². The second-order valence-electron chi connectivity index (χ2n) is 3.39. The van der Waals surface area contributed by atoms with E-state index in [-0.39, 0.29) is 18.1 Å². The van der Waals surface area contributed by atoms with Gasteiger partial charge >= 0.3 is 0 Å². The second kappa shape index (κ2) is 5.19. The van der Waals surface area contributed by atoms with E-state index in [2.05, 4.69) is 5.32 Å². The molecule has 0 radical (unpaired) electrons. The van der Waals surface area contributed by atoms with Crippen molar-refractivity contribution in [2.45, 2.75) is 37.8 Å². The van der Waals surface area contributed by atoms with Crippen molar-refractivity contribution < 1.29 is 14.6 Å². The van der Waals surface area contributed by atoms with Crippen molar-refractivity contribution in [3.63, 3.8) is 0 Å². The number of rotatable bonds is 3.